The Labute approximate surface area is 105 Å². The lowest BCUT2D eigenvalue weighted by Gasteiger charge is -2.09. The Hall–Kier alpha value is -2.49. The summed E-state index contributed by atoms with van der Waals surface area (Å²) in [5.41, 5.74) is 7.29. The number of anilines is 1. The molecule has 0 aromatic heterocycles. The molecule has 2 aromatic rings. The molecule has 18 heavy (non-hydrogen) atoms. The second-order valence-electron chi connectivity index (χ2n) is 3.98. The maximum absolute atomic E-state index is 11.1. The van der Waals surface area contributed by atoms with E-state index in [-0.39, 0.29) is 11.3 Å². The van der Waals surface area contributed by atoms with Gasteiger partial charge in [-0.05, 0) is 31.2 Å². The molecule has 92 valence electrons. The first-order valence-corrected chi connectivity index (χ1v) is 5.43. The second-order valence-corrected chi connectivity index (χ2v) is 3.98. The molecule has 0 spiro atoms. The summed E-state index contributed by atoms with van der Waals surface area (Å²) in [7, 11) is 0. The monoisotopic (exact) mass is 243 g/mol. The molecule has 0 amide bonds. The number of hydrogen-bond acceptors (Lipinski definition) is 3. The predicted octanol–water partition coefficient (Wildman–Crippen LogP) is 3.07. The molecule has 0 saturated carbocycles. The quantitative estimate of drug-likeness (QED) is 0.812. The molecular weight excluding hydrogens is 230 g/mol. The van der Waals surface area contributed by atoms with E-state index in [1.165, 1.54) is 18.2 Å². The van der Waals surface area contributed by atoms with Gasteiger partial charge in [0, 0.05) is 11.8 Å². The number of benzene rings is 2. The van der Waals surface area contributed by atoms with Crippen molar-refractivity contribution in [1.29, 1.82) is 0 Å². The normalized spacial score (nSPS) is 10.1. The van der Waals surface area contributed by atoms with Crippen LogP contribution in [0, 0.1) is 6.92 Å². The van der Waals surface area contributed by atoms with Gasteiger partial charge in [0.25, 0.3) is 0 Å². The highest BCUT2D eigenvalue weighted by Gasteiger charge is 2.12. The number of ether oxygens (including phenoxy) is 1. The molecule has 0 bridgehead atoms. The van der Waals surface area contributed by atoms with Gasteiger partial charge in [0.2, 0.25) is 0 Å². The molecule has 0 radical (unpaired) electrons. The number of nitrogen functional groups attached to an aromatic ring is 1. The Balaban J connectivity index is 2.35. The summed E-state index contributed by atoms with van der Waals surface area (Å²) in [5, 5.41) is 9.06. The third kappa shape index (κ3) is 2.60. The van der Waals surface area contributed by atoms with Crippen LogP contribution in [0.3, 0.4) is 0 Å². The number of rotatable bonds is 3. The van der Waals surface area contributed by atoms with E-state index in [2.05, 4.69) is 0 Å². The van der Waals surface area contributed by atoms with Crippen LogP contribution in [-0.2, 0) is 0 Å². The molecule has 3 N–H and O–H groups in total. The number of carboxylic acids is 1. The number of nitrogens with two attached hydrogens (primary N) is 1. The Bertz CT molecular complexity index is 576. The van der Waals surface area contributed by atoms with Gasteiger partial charge in [-0.25, -0.2) is 4.79 Å². The van der Waals surface area contributed by atoms with E-state index in [9.17, 15) is 4.79 Å². The summed E-state index contributed by atoms with van der Waals surface area (Å²) in [6.07, 6.45) is 0. The minimum absolute atomic E-state index is 0.0878. The van der Waals surface area contributed by atoms with Crippen molar-refractivity contribution >= 4 is 11.7 Å². The van der Waals surface area contributed by atoms with Crippen LogP contribution in [0.25, 0.3) is 0 Å². The van der Waals surface area contributed by atoms with Gasteiger partial charge >= 0.3 is 5.97 Å². The van der Waals surface area contributed by atoms with Crippen LogP contribution in [0.1, 0.15) is 15.9 Å². The summed E-state index contributed by atoms with van der Waals surface area (Å²) in [6, 6.07) is 11.8. The van der Waals surface area contributed by atoms with Gasteiger partial charge < -0.3 is 15.6 Å². The number of aryl methyl sites for hydroxylation is 1. The van der Waals surface area contributed by atoms with Crippen LogP contribution in [0.15, 0.2) is 42.5 Å². The van der Waals surface area contributed by atoms with Crippen molar-refractivity contribution in [2.75, 3.05) is 5.73 Å². The Morgan fingerprint density at radius 3 is 2.44 bits per heavy atom. The van der Waals surface area contributed by atoms with E-state index in [1.54, 1.807) is 12.1 Å². The number of carboxylic acid groups (broad SMARTS) is 1. The molecule has 2 rings (SSSR count). The standard InChI is InChI=1S/C14H13NO3/c1-9-2-5-11(6-3-9)18-13-8-10(15)4-7-12(13)14(16)17/h2-8H,15H2,1H3,(H,16,17). The zero-order chi connectivity index (χ0) is 13.1. The number of carbonyl (C=O) groups is 1. The highest BCUT2D eigenvalue weighted by Crippen LogP contribution is 2.27. The summed E-state index contributed by atoms with van der Waals surface area (Å²) < 4.78 is 5.55. The van der Waals surface area contributed by atoms with Crippen molar-refractivity contribution in [2.24, 2.45) is 0 Å². The Morgan fingerprint density at radius 2 is 1.83 bits per heavy atom. The highest BCUT2D eigenvalue weighted by atomic mass is 16.5. The maximum atomic E-state index is 11.1. The molecule has 0 aliphatic rings. The lowest BCUT2D eigenvalue weighted by molar-refractivity contribution is 0.0694. The maximum Gasteiger partial charge on any atom is 0.339 e. The van der Waals surface area contributed by atoms with Crippen molar-refractivity contribution < 1.29 is 14.6 Å². The van der Waals surface area contributed by atoms with Gasteiger partial charge in [-0.1, -0.05) is 17.7 Å². The molecule has 4 heteroatoms. The largest absolute Gasteiger partial charge is 0.478 e. The Kier molecular flexibility index (Phi) is 3.19. The van der Waals surface area contributed by atoms with Crippen LogP contribution in [0.5, 0.6) is 11.5 Å². The minimum Gasteiger partial charge on any atom is -0.478 e. The van der Waals surface area contributed by atoms with E-state index in [0.717, 1.165) is 5.56 Å². The Morgan fingerprint density at radius 1 is 1.17 bits per heavy atom. The lowest BCUT2D eigenvalue weighted by Crippen LogP contribution is -2.01. The number of hydrogen-bond donors (Lipinski definition) is 2. The van der Waals surface area contributed by atoms with Gasteiger partial charge in [-0.3, -0.25) is 0 Å². The SMILES string of the molecule is Cc1ccc(Oc2cc(N)ccc2C(=O)O)cc1. The van der Waals surface area contributed by atoms with Crippen molar-refractivity contribution in [2.45, 2.75) is 6.92 Å². The molecule has 0 atom stereocenters. The first kappa shape index (κ1) is 12.0. The van der Waals surface area contributed by atoms with Crippen LogP contribution < -0.4 is 10.5 Å². The van der Waals surface area contributed by atoms with E-state index in [1.807, 2.05) is 19.1 Å². The predicted molar refractivity (Wildman–Crippen MR) is 69.1 cm³/mol. The highest BCUT2D eigenvalue weighted by molar-refractivity contribution is 5.91. The molecular formula is C14H13NO3. The van der Waals surface area contributed by atoms with Gasteiger partial charge in [-0.15, -0.1) is 0 Å². The van der Waals surface area contributed by atoms with E-state index >= 15 is 0 Å². The van der Waals surface area contributed by atoms with Crippen LogP contribution >= 0.6 is 0 Å². The van der Waals surface area contributed by atoms with E-state index in [4.69, 9.17) is 15.6 Å². The van der Waals surface area contributed by atoms with Crippen LogP contribution in [0.2, 0.25) is 0 Å². The average Bonchev–Trinajstić information content (AvgIpc) is 2.32. The van der Waals surface area contributed by atoms with Crippen LogP contribution in [-0.4, -0.2) is 11.1 Å². The van der Waals surface area contributed by atoms with Gasteiger partial charge in [0.1, 0.15) is 17.1 Å². The van der Waals surface area contributed by atoms with Crippen molar-refractivity contribution in [1.82, 2.24) is 0 Å². The molecule has 0 fully saturated rings. The molecule has 4 nitrogen and oxygen atoms in total. The fourth-order valence-electron chi connectivity index (χ4n) is 1.53. The molecule has 0 aliphatic heterocycles. The van der Waals surface area contributed by atoms with Gasteiger partial charge in [0.15, 0.2) is 0 Å². The molecule has 0 aliphatic carbocycles. The summed E-state index contributed by atoms with van der Waals surface area (Å²) in [4.78, 5) is 11.1. The third-order valence-electron chi connectivity index (χ3n) is 2.48. The van der Waals surface area contributed by atoms with Crippen molar-refractivity contribution in [3.63, 3.8) is 0 Å². The molecule has 0 saturated heterocycles. The fourth-order valence-corrected chi connectivity index (χ4v) is 1.53. The van der Waals surface area contributed by atoms with E-state index in [0.29, 0.717) is 11.4 Å². The summed E-state index contributed by atoms with van der Waals surface area (Å²) in [5.74, 6) is -0.225. The first-order valence-electron chi connectivity index (χ1n) is 5.43. The van der Waals surface area contributed by atoms with E-state index < -0.39 is 5.97 Å². The third-order valence-corrected chi connectivity index (χ3v) is 2.48. The van der Waals surface area contributed by atoms with Crippen molar-refractivity contribution in [3.05, 3.63) is 53.6 Å². The lowest BCUT2D eigenvalue weighted by atomic mass is 10.2. The average molecular weight is 243 g/mol. The smallest absolute Gasteiger partial charge is 0.339 e. The van der Waals surface area contributed by atoms with Crippen molar-refractivity contribution in [3.8, 4) is 11.5 Å². The first-order chi connectivity index (χ1) is 8.56. The summed E-state index contributed by atoms with van der Waals surface area (Å²) in [6.45, 7) is 1.97. The fraction of sp³-hybridized carbons (Fsp3) is 0.0714. The van der Waals surface area contributed by atoms with Crippen LogP contribution in [0.4, 0.5) is 5.69 Å². The zero-order valence-electron chi connectivity index (χ0n) is 9.88. The molecule has 0 heterocycles. The molecule has 0 unspecified atom stereocenters. The summed E-state index contributed by atoms with van der Waals surface area (Å²) >= 11 is 0. The van der Waals surface area contributed by atoms with Gasteiger partial charge in [-0.2, -0.15) is 0 Å². The zero-order valence-corrected chi connectivity index (χ0v) is 9.88. The minimum atomic E-state index is -1.04. The molecule has 2 aromatic carbocycles. The number of aromatic carboxylic acids is 1. The second kappa shape index (κ2) is 4.79. The van der Waals surface area contributed by atoms with Gasteiger partial charge in [0.05, 0.1) is 0 Å². The topological polar surface area (TPSA) is 72.5 Å².